The maximum absolute atomic E-state index is 12.4. The molecule has 3 aromatic rings. The first-order valence-electron chi connectivity index (χ1n) is 9.91. The number of carbonyl (C=O) groups excluding carboxylic acids is 1. The standard InChI is InChI=1S/C24H25N3O2/c28-24(25-21-9-5-2-6-10-21)27-17-15-26(16-18-27)22-11-13-23(14-12-22)29-19-20-7-3-1-4-8-20/h1-14H,15-19H2,(H,25,28). The first-order valence-corrected chi connectivity index (χ1v) is 9.91. The molecule has 1 aliphatic heterocycles. The van der Waals surface area contributed by atoms with Crippen molar-refractivity contribution in [3.8, 4) is 5.75 Å². The second-order valence-electron chi connectivity index (χ2n) is 7.04. The average Bonchev–Trinajstić information content (AvgIpc) is 2.79. The van der Waals surface area contributed by atoms with Gasteiger partial charge >= 0.3 is 6.03 Å². The first-order chi connectivity index (χ1) is 14.3. The lowest BCUT2D eigenvalue weighted by atomic mass is 10.2. The van der Waals surface area contributed by atoms with Crippen molar-refractivity contribution < 1.29 is 9.53 Å². The van der Waals surface area contributed by atoms with E-state index in [4.69, 9.17) is 4.74 Å². The molecular weight excluding hydrogens is 362 g/mol. The minimum Gasteiger partial charge on any atom is -0.489 e. The van der Waals surface area contributed by atoms with Crippen LogP contribution in [0.1, 0.15) is 5.56 Å². The molecule has 0 spiro atoms. The van der Waals surface area contributed by atoms with Crippen molar-refractivity contribution in [2.45, 2.75) is 6.61 Å². The number of nitrogens with one attached hydrogen (secondary N) is 1. The van der Waals surface area contributed by atoms with Crippen LogP contribution in [0, 0.1) is 0 Å². The molecule has 1 heterocycles. The molecule has 5 heteroatoms. The Hall–Kier alpha value is -3.47. The number of anilines is 2. The molecule has 148 valence electrons. The van der Waals surface area contributed by atoms with Gasteiger partial charge < -0.3 is 19.9 Å². The van der Waals surface area contributed by atoms with Crippen LogP contribution in [0.3, 0.4) is 0 Å². The zero-order valence-corrected chi connectivity index (χ0v) is 16.3. The molecule has 5 nitrogen and oxygen atoms in total. The van der Waals surface area contributed by atoms with Crippen molar-refractivity contribution in [1.29, 1.82) is 0 Å². The highest BCUT2D eigenvalue weighted by molar-refractivity contribution is 5.89. The molecule has 2 amide bonds. The van der Waals surface area contributed by atoms with Crippen molar-refractivity contribution in [3.05, 3.63) is 90.5 Å². The smallest absolute Gasteiger partial charge is 0.321 e. The molecule has 1 N–H and O–H groups in total. The predicted octanol–water partition coefficient (Wildman–Crippen LogP) is 4.62. The Morgan fingerprint density at radius 3 is 2.07 bits per heavy atom. The van der Waals surface area contributed by atoms with E-state index in [9.17, 15) is 4.79 Å². The van der Waals surface area contributed by atoms with E-state index in [1.54, 1.807) is 0 Å². The monoisotopic (exact) mass is 387 g/mol. The highest BCUT2D eigenvalue weighted by atomic mass is 16.5. The van der Waals surface area contributed by atoms with Crippen LogP contribution in [0.4, 0.5) is 16.2 Å². The molecule has 4 rings (SSSR count). The molecular formula is C24H25N3O2. The third-order valence-electron chi connectivity index (χ3n) is 5.04. The number of urea groups is 1. The highest BCUT2D eigenvalue weighted by Crippen LogP contribution is 2.22. The Balaban J connectivity index is 1.26. The zero-order valence-electron chi connectivity index (χ0n) is 16.3. The van der Waals surface area contributed by atoms with Crippen LogP contribution < -0.4 is 15.0 Å². The van der Waals surface area contributed by atoms with Gasteiger partial charge in [0.25, 0.3) is 0 Å². The topological polar surface area (TPSA) is 44.8 Å². The van der Waals surface area contributed by atoms with Gasteiger partial charge in [0.05, 0.1) is 0 Å². The van der Waals surface area contributed by atoms with E-state index in [1.807, 2.05) is 65.6 Å². The number of piperazine rings is 1. The van der Waals surface area contributed by atoms with Gasteiger partial charge in [0.15, 0.2) is 0 Å². The summed E-state index contributed by atoms with van der Waals surface area (Å²) in [5.74, 6) is 0.860. The van der Waals surface area contributed by atoms with E-state index in [2.05, 4.69) is 34.5 Å². The molecule has 1 fully saturated rings. The number of para-hydroxylation sites is 1. The Labute approximate surface area is 171 Å². The minimum atomic E-state index is -0.0412. The third-order valence-corrected chi connectivity index (χ3v) is 5.04. The molecule has 1 aliphatic rings. The maximum Gasteiger partial charge on any atom is 0.321 e. The number of hydrogen-bond donors (Lipinski definition) is 1. The number of carbonyl (C=O) groups is 1. The van der Waals surface area contributed by atoms with Crippen molar-refractivity contribution in [1.82, 2.24) is 4.90 Å². The molecule has 0 saturated carbocycles. The SMILES string of the molecule is O=C(Nc1ccccc1)N1CCN(c2ccc(OCc3ccccc3)cc2)CC1. The maximum atomic E-state index is 12.4. The second-order valence-corrected chi connectivity index (χ2v) is 7.04. The summed E-state index contributed by atoms with van der Waals surface area (Å²) in [5, 5.41) is 2.95. The van der Waals surface area contributed by atoms with E-state index in [0.717, 1.165) is 35.8 Å². The van der Waals surface area contributed by atoms with Gasteiger partial charge in [-0.2, -0.15) is 0 Å². The molecule has 0 unspecified atom stereocenters. The van der Waals surface area contributed by atoms with Crippen LogP contribution in [0.15, 0.2) is 84.9 Å². The molecule has 3 aromatic carbocycles. The summed E-state index contributed by atoms with van der Waals surface area (Å²) in [4.78, 5) is 16.6. The summed E-state index contributed by atoms with van der Waals surface area (Å²) in [7, 11) is 0. The summed E-state index contributed by atoms with van der Waals surface area (Å²) in [6.45, 7) is 3.59. The van der Waals surface area contributed by atoms with Crippen molar-refractivity contribution in [2.24, 2.45) is 0 Å². The fourth-order valence-electron chi connectivity index (χ4n) is 3.39. The normalized spacial score (nSPS) is 13.8. The van der Waals surface area contributed by atoms with Gasteiger partial charge in [0.2, 0.25) is 0 Å². The van der Waals surface area contributed by atoms with Gasteiger partial charge in [-0.05, 0) is 42.0 Å². The number of hydrogen-bond acceptors (Lipinski definition) is 3. The Kier molecular flexibility index (Phi) is 5.95. The average molecular weight is 387 g/mol. The van der Waals surface area contributed by atoms with Gasteiger partial charge in [0, 0.05) is 37.6 Å². The van der Waals surface area contributed by atoms with Gasteiger partial charge in [-0.25, -0.2) is 4.79 Å². The second kappa shape index (κ2) is 9.15. The zero-order chi connectivity index (χ0) is 19.9. The molecule has 0 radical (unpaired) electrons. The third kappa shape index (κ3) is 5.08. The first kappa shape index (κ1) is 18.9. The lowest BCUT2D eigenvalue weighted by Gasteiger charge is -2.36. The quantitative estimate of drug-likeness (QED) is 0.695. The fourth-order valence-corrected chi connectivity index (χ4v) is 3.39. The van der Waals surface area contributed by atoms with Crippen LogP contribution in [0.25, 0.3) is 0 Å². The van der Waals surface area contributed by atoms with Crippen LogP contribution in [0.2, 0.25) is 0 Å². The lowest BCUT2D eigenvalue weighted by Crippen LogP contribution is -2.50. The summed E-state index contributed by atoms with van der Waals surface area (Å²) < 4.78 is 5.86. The van der Waals surface area contributed by atoms with E-state index in [-0.39, 0.29) is 6.03 Å². The van der Waals surface area contributed by atoms with Crippen molar-refractivity contribution in [2.75, 3.05) is 36.4 Å². The molecule has 29 heavy (non-hydrogen) atoms. The Morgan fingerprint density at radius 1 is 0.793 bits per heavy atom. The van der Waals surface area contributed by atoms with Crippen LogP contribution >= 0.6 is 0 Å². The molecule has 0 bridgehead atoms. The van der Waals surface area contributed by atoms with Crippen LogP contribution in [0.5, 0.6) is 5.75 Å². The summed E-state index contributed by atoms with van der Waals surface area (Å²) in [5.41, 5.74) is 3.13. The van der Waals surface area contributed by atoms with Gasteiger partial charge in [-0.3, -0.25) is 0 Å². The van der Waals surface area contributed by atoms with Gasteiger partial charge in [-0.15, -0.1) is 0 Å². The number of benzene rings is 3. The van der Waals surface area contributed by atoms with E-state index < -0.39 is 0 Å². The van der Waals surface area contributed by atoms with E-state index in [1.165, 1.54) is 0 Å². The molecule has 0 aliphatic carbocycles. The van der Waals surface area contributed by atoms with Crippen molar-refractivity contribution in [3.63, 3.8) is 0 Å². The minimum absolute atomic E-state index is 0.0412. The van der Waals surface area contributed by atoms with E-state index >= 15 is 0 Å². The predicted molar refractivity (Wildman–Crippen MR) is 116 cm³/mol. The largest absolute Gasteiger partial charge is 0.489 e. The Bertz CT molecular complexity index is 906. The fraction of sp³-hybridized carbons (Fsp3) is 0.208. The van der Waals surface area contributed by atoms with Gasteiger partial charge in [-0.1, -0.05) is 48.5 Å². The number of amides is 2. The van der Waals surface area contributed by atoms with Crippen molar-refractivity contribution >= 4 is 17.4 Å². The summed E-state index contributed by atoms with van der Waals surface area (Å²) >= 11 is 0. The lowest BCUT2D eigenvalue weighted by molar-refractivity contribution is 0.208. The van der Waals surface area contributed by atoms with Crippen LogP contribution in [-0.2, 0) is 6.61 Å². The highest BCUT2D eigenvalue weighted by Gasteiger charge is 2.21. The van der Waals surface area contributed by atoms with Crippen LogP contribution in [-0.4, -0.2) is 37.1 Å². The molecule has 0 aromatic heterocycles. The Morgan fingerprint density at radius 2 is 1.41 bits per heavy atom. The molecule has 0 atom stereocenters. The number of rotatable bonds is 5. The van der Waals surface area contributed by atoms with Gasteiger partial charge in [0.1, 0.15) is 12.4 Å². The number of nitrogens with zero attached hydrogens (tertiary/aromatic N) is 2. The summed E-state index contributed by atoms with van der Waals surface area (Å²) in [6.07, 6.45) is 0. The summed E-state index contributed by atoms with van der Waals surface area (Å²) in [6, 6.07) is 27.9. The molecule has 1 saturated heterocycles. The van der Waals surface area contributed by atoms with E-state index in [0.29, 0.717) is 19.7 Å². The number of ether oxygens (including phenoxy) is 1.